The summed E-state index contributed by atoms with van der Waals surface area (Å²) in [5, 5.41) is 14.9. The van der Waals surface area contributed by atoms with Gasteiger partial charge >= 0.3 is 6.01 Å². The van der Waals surface area contributed by atoms with Crippen molar-refractivity contribution in [1.82, 2.24) is 29.9 Å². The van der Waals surface area contributed by atoms with Gasteiger partial charge in [0.05, 0.1) is 11.0 Å². The van der Waals surface area contributed by atoms with E-state index >= 15 is 0 Å². The predicted molar refractivity (Wildman–Crippen MR) is 168 cm³/mol. The Labute approximate surface area is 265 Å². The molecule has 3 aromatic rings. The zero-order chi connectivity index (χ0) is 31.0. The number of aryl methyl sites for hydroxylation is 1. The molecule has 5 aliphatic rings. The zero-order valence-corrected chi connectivity index (χ0v) is 26.4. The molecule has 2 saturated carbocycles. The van der Waals surface area contributed by atoms with Crippen molar-refractivity contribution >= 4 is 28.1 Å². The fourth-order valence-corrected chi connectivity index (χ4v) is 10.1. The number of amides is 1. The van der Waals surface area contributed by atoms with Gasteiger partial charge in [0.25, 0.3) is 0 Å². The first-order valence-corrected chi connectivity index (χ1v) is 16.7. The maximum atomic E-state index is 12.2. The number of carbonyl (C=O) groups excluding carboxylic acids is 1. The van der Waals surface area contributed by atoms with Crippen molar-refractivity contribution in [3.05, 3.63) is 40.6 Å². The van der Waals surface area contributed by atoms with Gasteiger partial charge in [-0.2, -0.15) is 20.2 Å². The minimum Gasteiger partial charge on any atom is -0.458 e. The Bertz CT molecular complexity index is 1720. The van der Waals surface area contributed by atoms with Gasteiger partial charge in [0.2, 0.25) is 17.6 Å². The molecule has 12 nitrogen and oxygen atoms in total. The zero-order valence-electron chi connectivity index (χ0n) is 25.6. The van der Waals surface area contributed by atoms with Crippen LogP contribution in [0, 0.1) is 29.1 Å². The molecule has 5 unspecified atom stereocenters. The van der Waals surface area contributed by atoms with E-state index in [0.717, 1.165) is 42.2 Å². The number of likely N-dealkylation sites (tertiary alicyclic amines) is 1. The number of fused-ring (bicyclic) bond motifs is 2. The summed E-state index contributed by atoms with van der Waals surface area (Å²) in [6.07, 6.45) is 6.36. The number of piperazine rings is 1. The first-order chi connectivity index (χ1) is 21.8. The number of hydrogen-bond acceptors (Lipinski definition) is 12. The lowest BCUT2D eigenvalue weighted by molar-refractivity contribution is -0.126. The monoisotopic (exact) mass is 627 g/mol. The van der Waals surface area contributed by atoms with E-state index in [2.05, 4.69) is 41.6 Å². The molecule has 0 spiro atoms. The van der Waals surface area contributed by atoms with Gasteiger partial charge in [0.1, 0.15) is 28.7 Å². The highest BCUT2D eigenvalue weighted by Crippen LogP contribution is 2.55. The lowest BCUT2D eigenvalue weighted by atomic mass is 9.72. The van der Waals surface area contributed by atoms with Crippen molar-refractivity contribution in [3.8, 4) is 23.6 Å². The Balaban J connectivity index is 1.14. The molecule has 2 aliphatic heterocycles. The lowest BCUT2D eigenvalue weighted by Gasteiger charge is -2.35. The third-order valence-electron chi connectivity index (χ3n) is 11.0. The molecule has 0 radical (unpaired) electrons. The van der Waals surface area contributed by atoms with Crippen LogP contribution in [0.1, 0.15) is 54.5 Å². The maximum Gasteiger partial charge on any atom is 0.319 e. The number of nitrogens with two attached hydrogens (primary N) is 1. The van der Waals surface area contributed by atoms with Crippen molar-refractivity contribution < 1.29 is 14.1 Å². The number of hydrogen-bond donors (Lipinski definition) is 1. The normalized spacial score (nSPS) is 30.4. The fraction of sp³-hybridized carbons (Fsp3) is 0.562. The maximum absolute atomic E-state index is 12.2. The molecule has 2 N–H and O–H groups in total. The topological polar surface area (TPSA) is 151 Å². The standard InChI is InChI=1S/C32H37N9O3S/c1-4-24(42)41-10-8-40(9-11-41)23-14-21(35-31(36-23)43-27-17-12-18-16-39(3)26(27)19(18)13-17)29-37-30(44-38-29)32(2)7-5-6-22-25(32)20(15-33)28(34)45-22/h4,14,17-19,26-27H,1,5-13,16,34H2,2-3H3/t17?,18?,19?,26?,27?,32-/m0/s1. The summed E-state index contributed by atoms with van der Waals surface area (Å²) in [5.74, 6) is 3.37. The van der Waals surface area contributed by atoms with Crippen LogP contribution in [0.3, 0.4) is 0 Å². The first kappa shape index (κ1) is 28.5. The highest BCUT2D eigenvalue weighted by Gasteiger charge is 2.59. The second-order valence-electron chi connectivity index (χ2n) is 13.4. The molecule has 13 heteroatoms. The Kier molecular flexibility index (Phi) is 6.65. The summed E-state index contributed by atoms with van der Waals surface area (Å²) < 4.78 is 12.7. The van der Waals surface area contributed by atoms with Gasteiger partial charge in [-0.1, -0.05) is 11.7 Å². The van der Waals surface area contributed by atoms with Gasteiger partial charge < -0.3 is 24.8 Å². The molecule has 234 valence electrons. The summed E-state index contributed by atoms with van der Waals surface area (Å²) in [4.78, 5) is 34.4. The second kappa shape index (κ2) is 10.5. The Morgan fingerprint density at radius 2 is 2.07 bits per heavy atom. The number of aromatic nitrogens is 4. The molecule has 8 rings (SSSR count). The Morgan fingerprint density at radius 1 is 1.24 bits per heavy atom. The van der Waals surface area contributed by atoms with Crippen LogP contribution >= 0.6 is 11.3 Å². The number of nitriles is 1. The molecular weight excluding hydrogens is 590 g/mol. The molecule has 3 aromatic heterocycles. The fourth-order valence-electron chi connectivity index (χ4n) is 8.87. The first-order valence-electron chi connectivity index (χ1n) is 15.9. The number of nitrogen functional groups attached to an aromatic ring is 1. The number of ether oxygens (including phenoxy) is 1. The van der Waals surface area contributed by atoms with Crippen LogP contribution in [-0.2, 0) is 16.6 Å². The average molecular weight is 628 g/mol. The van der Waals surface area contributed by atoms with Crippen LogP contribution in [0.4, 0.5) is 10.8 Å². The van der Waals surface area contributed by atoms with Crippen molar-refractivity contribution in [1.29, 1.82) is 5.26 Å². The summed E-state index contributed by atoms with van der Waals surface area (Å²) in [6, 6.07) is 4.88. The molecule has 45 heavy (non-hydrogen) atoms. The highest BCUT2D eigenvalue weighted by molar-refractivity contribution is 7.16. The average Bonchev–Trinajstić information content (AvgIpc) is 3.85. The summed E-state index contributed by atoms with van der Waals surface area (Å²) in [6.45, 7) is 9.18. The molecule has 6 atom stereocenters. The lowest BCUT2D eigenvalue weighted by Crippen LogP contribution is -2.48. The third kappa shape index (κ3) is 4.44. The molecule has 3 aliphatic carbocycles. The van der Waals surface area contributed by atoms with E-state index < -0.39 is 5.41 Å². The van der Waals surface area contributed by atoms with Crippen LogP contribution in [0.5, 0.6) is 6.01 Å². The molecule has 2 saturated heterocycles. The minimum absolute atomic E-state index is 0.0396. The van der Waals surface area contributed by atoms with Crippen LogP contribution < -0.4 is 15.4 Å². The Hall–Kier alpha value is -4.02. The smallest absolute Gasteiger partial charge is 0.319 e. The molecule has 2 bridgehead atoms. The van der Waals surface area contributed by atoms with Gasteiger partial charge in [-0.15, -0.1) is 11.3 Å². The van der Waals surface area contributed by atoms with Gasteiger partial charge in [0, 0.05) is 55.3 Å². The van der Waals surface area contributed by atoms with Crippen molar-refractivity contribution in [2.45, 2.75) is 56.6 Å². The van der Waals surface area contributed by atoms with E-state index in [9.17, 15) is 10.1 Å². The number of carbonyl (C=O) groups is 1. The van der Waals surface area contributed by atoms with E-state index in [1.165, 1.54) is 30.3 Å². The number of rotatable bonds is 6. The van der Waals surface area contributed by atoms with Gasteiger partial charge in [-0.25, -0.2) is 0 Å². The molecule has 4 fully saturated rings. The number of anilines is 2. The number of nitrogens with zero attached hydrogens (tertiary/aromatic N) is 8. The second-order valence-corrected chi connectivity index (χ2v) is 14.6. The van der Waals surface area contributed by atoms with E-state index in [4.69, 9.17) is 29.9 Å². The van der Waals surface area contributed by atoms with E-state index in [-0.39, 0.29) is 12.0 Å². The van der Waals surface area contributed by atoms with Crippen molar-refractivity contribution in [2.75, 3.05) is 50.4 Å². The summed E-state index contributed by atoms with van der Waals surface area (Å²) in [7, 11) is 2.20. The van der Waals surface area contributed by atoms with Gasteiger partial charge in [-0.05, 0) is 69.9 Å². The molecule has 5 heterocycles. The van der Waals surface area contributed by atoms with Crippen LogP contribution in [0.2, 0.25) is 0 Å². The predicted octanol–water partition coefficient (Wildman–Crippen LogP) is 3.24. The quantitative estimate of drug-likeness (QED) is 0.401. The van der Waals surface area contributed by atoms with Crippen LogP contribution in [0.15, 0.2) is 23.2 Å². The SMILES string of the molecule is C=CC(=O)N1CCN(c2cc(-c3noc([C@@]4(C)CCCc5sc(N)c(C#N)c54)n3)nc(OC3C4CC5CN(C)C3C5C4)n2)CC1. The molecular formula is C32H37N9O3S. The van der Waals surface area contributed by atoms with Crippen LogP contribution in [0.25, 0.3) is 11.5 Å². The minimum atomic E-state index is -0.631. The van der Waals surface area contributed by atoms with Crippen LogP contribution in [-0.4, -0.2) is 87.7 Å². The molecule has 0 aromatic carbocycles. The number of thiophene rings is 1. The van der Waals surface area contributed by atoms with E-state index in [1.54, 1.807) is 4.90 Å². The van der Waals surface area contributed by atoms with Crippen molar-refractivity contribution in [2.24, 2.45) is 17.8 Å². The number of likely N-dealkylation sites (N-methyl/N-ethyl adjacent to an activating group) is 1. The van der Waals surface area contributed by atoms with Crippen molar-refractivity contribution in [3.63, 3.8) is 0 Å². The molecule has 1 amide bonds. The summed E-state index contributed by atoms with van der Waals surface area (Å²) >= 11 is 1.48. The highest BCUT2D eigenvalue weighted by atomic mass is 32.1. The van der Waals surface area contributed by atoms with Gasteiger partial charge in [-0.3, -0.25) is 9.69 Å². The van der Waals surface area contributed by atoms with E-state index in [1.807, 2.05) is 6.07 Å². The Morgan fingerprint density at radius 3 is 2.84 bits per heavy atom. The van der Waals surface area contributed by atoms with Gasteiger partial charge in [0.15, 0.2) is 0 Å². The summed E-state index contributed by atoms with van der Waals surface area (Å²) in [5.41, 5.74) is 7.55. The largest absolute Gasteiger partial charge is 0.458 e. The van der Waals surface area contributed by atoms with E-state index in [0.29, 0.717) is 83.9 Å². The third-order valence-corrected chi connectivity index (χ3v) is 12.0.